The van der Waals surface area contributed by atoms with Gasteiger partial charge in [0.15, 0.2) is 0 Å². The number of hydrogen-bond acceptors (Lipinski definition) is 2. The third kappa shape index (κ3) is 3.95. The molecule has 0 aromatic heterocycles. The third-order valence-corrected chi connectivity index (χ3v) is 5.23. The zero-order valence-electron chi connectivity index (χ0n) is 12.5. The second kappa shape index (κ2) is 6.74. The van der Waals surface area contributed by atoms with Crippen LogP contribution >= 0.6 is 0 Å². The molecule has 0 aromatic rings. The van der Waals surface area contributed by atoms with Gasteiger partial charge in [-0.05, 0) is 51.0 Å². The zero-order chi connectivity index (χ0) is 13.8. The van der Waals surface area contributed by atoms with Gasteiger partial charge in [-0.25, -0.2) is 0 Å². The Kier molecular flexibility index (Phi) is 5.26. The largest absolute Gasteiger partial charge is 0.481 e. The van der Waals surface area contributed by atoms with Crippen molar-refractivity contribution in [2.45, 2.75) is 64.3 Å². The van der Waals surface area contributed by atoms with Crippen molar-refractivity contribution in [2.24, 2.45) is 17.8 Å². The van der Waals surface area contributed by atoms with Crippen LogP contribution in [0.2, 0.25) is 0 Å². The van der Waals surface area contributed by atoms with Crippen LogP contribution in [0.25, 0.3) is 0 Å². The highest BCUT2D eigenvalue weighted by Gasteiger charge is 2.36. The van der Waals surface area contributed by atoms with Gasteiger partial charge < -0.3 is 10.0 Å². The Bertz CT molecular complexity index is 299. The maximum Gasteiger partial charge on any atom is 0.308 e. The first-order valence-corrected chi connectivity index (χ1v) is 8.01. The van der Waals surface area contributed by atoms with Crippen LogP contribution in [-0.4, -0.2) is 35.6 Å². The summed E-state index contributed by atoms with van der Waals surface area (Å²) in [6, 6.07) is 0.253. The van der Waals surface area contributed by atoms with Gasteiger partial charge in [-0.15, -0.1) is 0 Å². The molecule has 1 N–H and O–H groups in total. The molecule has 0 aliphatic heterocycles. The van der Waals surface area contributed by atoms with Gasteiger partial charge in [0.25, 0.3) is 0 Å². The summed E-state index contributed by atoms with van der Waals surface area (Å²) in [6.07, 6.45) is 9.78. The van der Waals surface area contributed by atoms with Crippen molar-refractivity contribution < 1.29 is 9.90 Å². The van der Waals surface area contributed by atoms with Gasteiger partial charge >= 0.3 is 5.97 Å². The number of carboxylic acid groups (broad SMARTS) is 1. The van der Waals surface area contributed by atoms with E-state index in [-0.39, 0.29) is 12.0 Å². The first-order chi connectivity index (χ1) is 9.08. The molecule has 2 saturated carbocycles. The lowest BCUT2D eigenvalue weighted by Crippen LogP contribution is -2.46. The number of rotatable bonds is 4. The Labute approximate surface area is 117 Å². The molecular weight excluding hydrogens is 238 g/mol. The zero-order valence-corrected chi connectivity index (χ0v) is 12.5. The summed E-state index contributed by atoms with van der Waals surface area (Å²) in [7, 11) is 2.15. The molecule has 3 heteroatoms. The van der Waals surface area contributed by atoms with Crippen molar-refractivity contribution in [3.63, 3.8) is 0 Å². The van der Waals surface area contributed by atoms with Gasteiger partial charge in [-0.2, -0.15) is 0 Å². The smallest absolute Gasteiger partial charge is 0.308 e. The molecule has 2 fully saturated rings. The van der Waals surface area contributed by atoms with Crippen molar-refractivity contribution in [3.05, 3.63) is 0 Å². The lowest BCUT2D eigenvalue weighted by Gasteiger charge is -2.40. The Morgan fingerprint density at radius 2 is 1.84 bits per heavy atom. The summed E-state index contributed by atoms with van der Waals surface area (Å²) in [4.78, 5) is 13.8. The fourth-order valence-corrected chi connectivity index (χ4v) is 4.04. The molecule has 2 rings (SSSR count). The standard InChI is InChI=1S/C16H29NO2/c1-12-8-9-14(16(18)19)15(10-12)17(2)11-13-6-4-3-5-7-13/h12-15H,3-11H2,1-2H3,(H,18,19). The third-order valence-electron chi connectivity index (χ3n) is 5.23. The van der Waals surface area contributed by atoms with E-state index in [1.165, 1.54) is 32.1 Å². The predicted octanol–water partition coefficient (Wildman–Crippen LogP) is 3.39. The Hall–Kier alpha value is -0.570. The molecule has 0 aromatic carbocycles. The van der Waals surface area contributed by atoms with Gasteiger partial charge in [0, 0.05) is 12.6 Å². The van der Waals surface area contributed by atoms with Crippen molar-refractivity contribution in [1.29, 1.82) is 0 Å². The van der Waals surface area contributed by atoms with Crippen LogP contribution in [0.1, 0.15) is 58.3 Å². The molecule has 0 radical (unpaired) electrons. The Balaban J connectivity index is 1.93. The lowest BCUT2D eigenvalue weighted by atomic mass is 9.78. The van der Waals surface area contributed by atoms with Crippen LogP contribution in [0.15, 0.2) is 0 Å². The number of aliphatic carboxylic acids is 1. The molecular formula is C16H29NO2. The summed E-state index contributed by atoms with van der Waals surface area (Å²) in [5.74, 6) is 0.733. The molecule has 2 aliphatic carbocycles. The second-order valence-corrected chi connectivity index (χ2v) is 6.87. The van der Waals surface area contributed by atoms with Crippen molar-refractivity contribution in [2.75, 3.05) is 13.6 Å². The van der Waals surface area contributed by atoms with E-state index in [1.807, 2.05) is 0 Å². The monoisotopic (exact) mass is 267 g/mol. The minimum atomic E-state index is -0.590. The van der Waals surface area contributed by atoms with E-state index in [9.17, 15) is 9.90 Å². The van der Waals surface area contributed by atoms with Crippen molar-refractivity contribution in [1.82, 2.24) is 4.90 Å². The first-order valence-electron chi connectivity index (χ1n) is 8.01. The number of hydrogen-bond donors (Lipinski definition) is 1. The maximum absolute atomic E-state index is 11.4. The van der Waals surface area contributed by atoms with Crippen LogP contribution in [0, 0.1) is 17.8 Å². The fraction of sp³-hybridized carbons (Fsp3) is 0.938. The number of nitrogens with zero attached hydrogens (tertiary/aromatic N) is 1. The molecule has 3 nitrogen and oxygen atoms in total. The molecule has 3 atom stereocenters. The maximum atomic E-state index is 11.4. The van der Waals surface area contributed by atoms with Crippen LogP contribution < -0.4 is 0 Å². The highest BCUT2D eigenvalue weighted by Crippen LogP contribution is 2.33. The minimum Gasteiger partial charge on any atom is -0.481 e. The van der Waals surface area contributed by atoms with Gasteiger partial charge in [-0.1, -0.05) is 26.2 Å². The molecule has 0 saturated heterocycles. The average molecular weight is 267 g/mol. The predicted molar refractivity (Wildman–Crippen MR) is 77.1 cm³/mol. The summed E-state index contributed by atoms with van der Waals surface area (Å²) in [5.41, 5.74) is 0. The Morgan fingerprint density at radius 1 is 1.16 bits per heavy atom. The molecule has 0 spiro atoms. The normalized spacial score (nSPS) is 33.5. The van der Waals surface area contributed by atoms with Gasteiger partial charge in [0.05, 0.1) is 5.92 Å². The van der Waals surface area contributed by atoms with E-state index in [4.69, 9.17) is 0 Å². The quantitative estimate of drug-likeness (QED) is 0.849. The minimum absolute atomic E-state index is 0.148. The van der Waals surface area contributed by atoms with E-state index < -0.39 is 5.97 Å². The van der Waals surface area contributed by atoms with Crippen molar-refractivity contribution >= 4 is 5.97 Å². The molecule has 0 heterocycles. The molecule has 110 valence electrons. The number of carbonyl (C=O) groups is 1. The average Bonchev–Trinajstić information content (AvgIpc) is 2.39. The first kappa shape index (κ1) is 14.8. The highest BCUT2D eigenvalue weighted by molar-refractivity contribution is 5.71. The summed E-state index contributed by atoms with van der Waals surface area (Å²) >= 11 is 0. The van der Waals surface area contributed by atoms with Gasteiger partial charge in [0.2, 0.25) is 0 Å². The molecule has 19 heavy (non-hydrogen) atoms. The highest BCUT2D eigenvalue weighted by atomic mass is 16.4. The molecule has 0 bridgehead atoms. The van der Waals surface area contributed by atoms with Crippen LogP contribution in [0.5, 0.6) is 0 Å². The SMILES string of the molecule is CC1CCC(C(=O)O)C(N(C)CC2CCCCC2)C1. The summed E-state index contributed by atoms with van der Waals surface area (Å²) in [6.45, 7) is 3.36. The van der Waals surface area contributed by atoms with E-state index >= 15 is 0 Å². The van der Waals surface area contributed by atoms with Crippen LogP contribution in [-0.2, 0) is 4.79 Å². The summed E-state index contributed by atoms with van der Waals surface area (Å²) < 4.78 is 0. The van der Waals surface area contributed by atoms with E-state index in [0.717, 1.165) is 31.7 Å². The van der Waals surface area contributed by atoms with E-state index in [0.29, 0.717) is 5.92 Å². The molecule has 0 amide bonds. The van der Waals surface area contributed by atoms with Crippen LogP contribution in [0.4, 0.5) is 0 Å². The fourth-order valence-electron chi connectivity index (χ4n) is 4.04. The topological polar surface area (TPSA) is 40.5 Å². The van der Waals surface area contributed by atoms with Gasteiger partial charge in [-0.3, -0.25) is 4.79 Å². The number of carboxylic acids is 1. The lowest BCUT2D eigenvalue weighted by molar-refractivity contribution is -0.146. The van der Waals surface area contributed by atoms with E-state index in [1.54, 1.807) is 0 Å². The van der Waals surface area contributed by atoms with E-state index in [2.05, 4.69) is 18.9 Å². The van der Waals surface area contributed by atoms with Crippen molar-refractivity contribution in [3.8, 4) is 0 Å². The Morgan fingerprint density at radius 3 is 2.47 bits per heavy atom. The second-order valence-electron chi connectivity index (χ2n) is 6.87. The molecule has 2 aliphatic rings. The molecule has 3 unspecified atom stereocenters. The van der Waals surface area contributed by atoms with Gasteiger partial charge in [0.1, 0.15) is 0 Å². The summed E-state index contributed by atoms with van der Waals surface area (Å²) in [5, 5.41) is 9.42. The van der Waals surface area contributed by atoms with Crippen LogP contribution in [0.3, 0.4) is 0 Å².